The predicted molar refractivity (Wildman–Crippen MR) is 107 cm³/mol. The average Bonchev–Trinajstić information content (AvgIpc) is 2.72. The van der Waals surface area contributed by atoms with Gasteiger partial charge in [0.15, 0.2) is 5.78 Å². The first-order valence-corrected chi connectivity index (χ1v) is 10.1. The first kappa shape index (κ1) is 21.1. The van der Waals surface area contributed by atoms with Gasteiger partial charge in [0.05, 0.1) is 5.92 Å². The third kappa shape index (κ3) is 5.06. The Morgan fingerprint density at radius 1 is 1.17 bits per heavy atom. The molecule has 6 nitrogen and oxygen atoms in total. The number of rotatable bonds is 6. The summed E-state index contributed by atoms with van der Waals surface area (Å²) < 4.78 is 13.9. The fourth-order valence-electron chi connectivity index (χ4n) is 3.59. The molecule has 1 unspecified atom stereocenters. The number of aromatic nitrogens is 1. The maximum atomic E-state index is 13.3. The summed E-state index contributed by atoms with van der Waals surface area (Å²) in [6, 6.07) is 6.95. The van der Waals surface area contributed by atoms with E-state index in [9.17, 15) is 18.8 Å². The molecule has 1 aromatic carbocycles. The second kappa shape index (κ2) is 9.26. The highest BCUT2D eigenvalue weighted by atomic mass is 79.9. The van der Waals surface area contributed by atoms with Crippen molar-refractivity contribution >= 4 is 33.6 Å². The SMILES string of the molecule is O=C(CC(C(=O)c1ccc(F)cc1)c1ccncc1Br)C1CCN(C(=O)O)CC1. The molecule has 152 valence electrons. The molecule has 1 amide bonds. The largest absolute Gasteiger partial charge is 0.465 e. The number of carboxylic acid groups (broad SMARTS) is 1. The zero-order valence-corrected chi connectivity index (χ0v) is 17.1. The summed E-state index contributed by atoms with van der Waals surface area (Å²) in [5.41, 5.74) is 0.972. The number of carbonyl (C=O) groups is 3. The summed E-state index contributed by atoms with van der Waals surface area (Å²) in [6.45, 7) is 0.614. The number of hydrogen-bond acceptors (Lipinski definition) is 4. The average molecular weight is 463 g/mol. The summed E-state index contributed by atoms with van der Waals surface area (Å²) in [7, 11) is 0. The zero-order valence-electron chi connectivity index (χ0n) is 15.6. The van der Waals surface area contributed by atoms with Crippen molar-refractivity contribution in [1.29, 1.82) is 0 Å². The van der Waals surface area contributed by atoms with Crippen LogP contribution in [0.4, 0.5) is 9.18 Å². The Labute approximate surface area is 175 Å². The maximum absolute atomic E-state index is 13.3. The van der Waals surface area contributed by atoms with Gasteiger partial charge in [-0.1, -0.05) is 0 Å². The number of benzene rings is 1. The standard InChI is InChI=1S/C21H20BrFN2O4/c22-18-12-24-8-5-16(18)17(20(27)14-1-3-15(23)4-2-14)11-19(26)13-6-9-25(10-7-13)21(28)29/h1-5,8,12-13,17H,6-7,9-11H2,(H,28,29). The molecule has 3 rings (SSSR count). The highest BCUT2D eigenvalue weighted by molar-refractivity contribution is 9.10. The van der Waals surface area contributed by atoms with Crippen molar-refractivity contribution in [3.05, 3.63) is 64.1 Å². The number of hydrogen-bond donors (Lipinski definition) is 1. The molecule has 0 saturated carbocycles. The number of piperidine rings is 1. The van der Waals surface area contributed by atoms with E-state index in [2.05, 4.69) is 20.9 Å². The van der Waals surface area contributed by atoms with Crippen molar-refractivity contribution in [3.8, 4) is 0 Å². The quantitative estimate of drug-likeness (QED) is 0.646. The van der Waals surface area contributed by atoms with Gasteiger partial charge in [0.1, 0.15) is 11.6 Å². The van der Waals surface area contributed by atoms with Crippen LogP contribution in [-0.2, 0) is 4.79 Å². The van der Waals surface area contributed by atoms with Gasteiger partial charge in [-0.25, -0.2) is 9.18 Å². The number of nitrogens with zero attached hydrogens (tertiary/aromatic N) is 2. The maximum Gasteiger partial charge on any atom is 0.407 e. The molecule has 1 N–H and O–H groups in total. The summed E-state index contributed by atoms with van der Waals surface area (Å²) in [6.07, 6.45) is 3.02. The number of Topliss-reactive ketones (excluding diaryl/α,β-unsaturated/α-hetero) is 2. The lowest BCUT2D eigenvalue weighted by Crippen LogP contribution is -2.39. The minimum Gasteiger partial charge on any atom is -0.465 e. The van der Waals surface area contributed by atoms with Gasteiger partial charge in [-0.3, -0.25) is 14.6 Å². The second-order valence-corrected chi connectivity index (χ2v) is 7.89. The van der Waals surface area contributed by atoms with Gasteiger partial charge in [-0.15, -0.1) is 0 Å². The van der Waals surface area contributed by atoms with Crippen LogP contribution in [0.3, 0.4) is 0 Å². The van der Waals surface area contributed by atoms with E-state index in [1.165, 1.54) is 29.2 Å². The Hall–Kier alpha value is -2.61. The Bertz CT molecular complexity index is 911. The molecule has 1 fully saturated rings. The van der Waals surface area contributed by atoms with Gasteiger partial charge in [-0.2, -0.15) is 0 Å². The first-order valence-electron chi connectivity index (χ1n) is 9.26. The number of pyridine rings is 1. The summed E-state index contributed by atoms with van der Waals surface area (Å²) in [4.78, 5) is 42.5. The lowest BCUT2D eigenvalue weighted by molar-refractivity contribution is -0.124. The van der Waals surface area contributed by atoms with E-state index in [1.54, 1.807) is 18.5 Å². The Morgan fingerprint density at radius 2 is 1.83 bits per heavy atom. The van der Waals surface area contributed by atoms with Crippen LogP contribution in [0, 0.1) is 11.7 Å². The predicted octanol–water partition coefficient (Wildman–Crippen LogP) is 4.30. The molecule has 1 atom stereocenters. The molecule has 0 bridgehead atoms. The lowest BCUT2D eigenvalue weighted by Gasteiger charge is -2.30. The summed E-state index contributed by atoms with van der Waals surface area (Å²) >= 11 is 3.40. The summed E-state index contributed by atoms with van der Waals surface area (Å²) in [5, 5.41) is 9.06. The fourth-order valence-corrected chi connectivity index (χ4v) is 4.12. The molecule has 1 saturated heterocycles. The smallest absolute Gasteiger partial charge is 0.407 e. The normalized spacial score (nSPS) is 15.7. The van der Waals surface area contributed by atoms with E-state index in [1.807, 2.05) is 0 Å². The molecule has 2 heterocycles. The molecule has 1 aromatic heterocycles. The molecule has 0 radical (unpaired) electrons. The van der Waals surface area contributed by atoms with Gasteiger partial charge in [-0.05, 0) is 64.7 Å². The van der Waals surface area contributed by atoms with E-state index in [4.69, 9.17) is 5.11 Å². The van der Waals surface area contributed by atoms with Crippen molar-refractivity contribution in [1.82, 2.24) is 9.88 Å². The number of ketones is 2. The van der Waals surface area contributed by atoms with Crippen LogP contribution in [-0.4, -0.2) is 45.7 Å². The van der Waals surface area contributed by atoms with Gasteiger partial charge in [0, 0.05) is 47.9 Å². The van der Waals surface area contributed by atoms with E-state index >= 15 is 0 Å². The number of halogens is 2. The zero-order chi connectivity index (χ0) is 21.0. The Balaban J connectivity index is 1.81. The van der Waals surface area contributed by atoms with E-state index in [-0.39, 0.29) is 23.9 Å². The van der Waals surface area contributed by atoms with Crippen molar-refractivity contribution in [3.63, 3.8) is 0 Å². The molecule has 29 heavy (non-hydrogen) atoms. The van der Waals surface area contributed by atoms with Crippen LogP contribution in [0.2, 0.25) is 0 Å². The van der Waals surface area contributed by atoms with Crippen molar-refractivity contribution < 1.29 is 23.9 Å². The molecule has 1 aliphatic heterocycles. The number of likely N-dealkylation sites (tertiary alicyclic amines) is 1. The van der Waals surface area contributed by atoms with Crippen LogP contribution in [0.1, 0.15) is 41.1 Å². The molecule has 0 aliphatic carbocycles. The highest BCUT2D eigenvalue weighted by Gasteiger charge is 2.32. The highest BCUT2D eigenvalue weighted by Crippen LogP contribution is 2.32. The molecule has 1 aliphatic rings. The summed E-state index contributed by atoms with van der Waals surface area (Å²) in [5.74, 6) is -1.80. The Morgan fingerprint density at radius 3 is 2.41 bits per heavy atom. The first-order chi connectivity index (χ1) is 13.9. The van der Waals surface area contributed by atoms with Crippen molar-refractivity contribution in [2.24, 2.45) is 5.92 Å². The van der Waals surface area contributed by atoms with Gasteiger partial charge in [0.2, 0.25) is 0 Å². The minimum absolute atomic E-state index is 0.00341. The van der Waals surface area contributed by atoms with Crippen LogP contribution in [0.15, 0.2) is 47.2 Å². The van der Waals surface area contributed by atoms with Crippen molar-refractivity contribution in [2.45, 2.75) is 25.2 Å². The van der Waals surface area contributed by atoms with E-state index in [0.29, 0.717) is 41.5 Å². The van der Waals surface area contributed by atoms with Gasteiger partial charge < -0.3 is 10.0 Å². The third-order valence-corrected chi connectivity index (χ3v) is 5.91. The Kier molecular flexibility index (Phi) is 6.74. The molecule has 8 heteroatoms. The fraction of sp³-hybridized carbons (Fsp3) is 0.333. The van der Waals surface area contributed by atoms with Crippen LogP contribution < -0.4 is 0 Å². The topological polar surface area (TPSA) is 87.6 Å². The molecular formula is C21H20BrFN2O4. The minimum atomic E-state index is -0.985. The van der Waals surface area contributed by atoms with E-state index in [0.717, 1.165) is 0 Å². The molecular weight excluding hydrogens is 443 g/mol. The van der Waals surface area contributed by atoms with Crippen molar-refractivity contribution in [2.75, 3.05) is 13.1 Å². The lowest BCUT2D eigenvalue weighted by atomic mass is 9.82. The molecule has 0 spiro atoms. The van der Waals surface area contributed by atoms with Crippen LogP contribution in [0.25, 0.3) is 0 Å². The van der Waals surface area contributed by atoms with Gasteiger partial charge >= 0.3 is 6.09 Å². The number of amides is 1. The third-order valence-electron chi connectivity index (χ3n) is 5.25. The number of carbonyl (C=O) groups excluding carboxylic acids is 2. The van der Waals surface area contributed by atoms with E-state index < -0.39 is 17.8 Å². The van der Waals surface area contributed by atoms with Gasteiger partial charge in [0.25, 0.3) is 0 Å². The van der Waals surface area contributed by atoms with Crippen LogP contribution >= 0.6 is 15.9 Å². The second-order valence-electron chi connectivity index (χ2n) is 7.04. The monoisotopic (exact) mass is 462 g/mol. The molecule has 2 aromatic rings. The van der Waals surface area contributed by atoms with Crippen LogP contribution in [0.5, 0.6) is 0 Å².